The monoisotopic (exact) mass is 223 g/mol. The van der Waals surface area contributed by atoms with E-state index in [1.807, 2.05) is 19.0 Å². The van der Waals surface area contributed by atoms with Crippen molar-refractivity contribution in [2.24, 2.45) is 16.8 Å². The van der Waals surface area contributed by atoms with Gasteiger partial charge in [-0.1, -0.05) is 12.2 Å². The molecule has 1 N–H and O–H groups in total. The molecule has 3 atom stereocenters. The fourth-order valence-electron chi connectivity index (χ4n) is 2.31. The van der Waals surface area contributed by atoms with Crippen molar-refractivity contribution in [2.45, 2.75) is 18.9 Å². The molecule has 0 aromatic rings. The molecule has 15 heavy (non-hydrogen) atoms. The van der Waals surface area contributed by atoms with Crippen molar-refractivity contribution in [1.29, 1.82) is 0 Å². The van der Waals surface area contributed by atoms with Gasteiger partial charge in [0.1, 0.15) is 0 Å². The number of fused-ring (bicyclic) bond motifs is 2. The number of hydrogen-bond acceptors (Lipinski definition) is 1. The van der Waals surface area contributed by atoms with Crippen LogP contribution in [0.3, 0.4) is 0 Å². The highest BCUT2D eigenvalue weighted by Gasteiger charge is 2.35. The van der Waals surface area contributed by atoms with Crippen molar-refractivity contribution >= 4 is 23.7 Å². The molecular weight excluding hydrogens is 206 g/mol. The molecule has 2 aliphatic carbocycles. The summed E-state index contributed by atoms with van der Waals surface area (Å²) in [6, 6.07) is 0.506. The molecule has 82 valence electrons. The fourth-order valence-corrected chi connectivity index (χ4v) is 2.51. The SMILES string of the molecule is CN(C)C=NC(=S)NC1CC2C=CC1C2. The van der Waals surface area contributed by atoms with Gasteiger partial charge >= 0.3 is 0 Å². The summed E-state index contributed by atoms with van der Waals surface area (Å²) in [4.78, 5) is 6.05. The van der Waals surface area contributed by atoms with E-state index < -0.39 is 0 Å². The Morgan fingerprint density at radius 2 is 2.27 bits per heavy atom. The van der Waals surface area contributed by atoms with Gasteiger partial charge in [-0.05, 0) is 36.9 Å². The van der Waals surface area contributed by atoms with Crippen LogP contribution in [0.1, 0.15) is 12.8 Å². The van der Waals surface area contributed by atoms with Gasteiger partial charge in [-0.25, -0.2) is 4.99 Å². The number of nitrogens with zero attached hydrogens (tertiary/aromatic N) is 2. The lowest BCUT2D eigenvalue weighted by molar-refractivity contribution is 0.525. The van der Waals surface area contributed by atoms with Crippen molar-refractivity contribution in [3.63, 3.8) is 0 Å². The molecule has 4 heteroatoms. The number of rotatable bonds is 2. The Kier molecular flexibility index (Phi) is 3.05. The molecule has 2 rings (SSSR count). The predicted molar refractivity (Wildman–Crippen MR) is 67.1 cm³/mol. The van der Waals surface area contributed by atoms with Crippen LogP contribution in [0.5, 0.6) is 0 Å². The number of thiocarbonyl (C=S) groups is 1. The minimum absolute atomic E-state index is 0.506. The zero-order valence-electron chi connectivity index (χ0n) is 9.18. The van der Waals surface area contributed by atoms with Crippen LogP contribution in [0.2, 0.25) is 0 Å². The quantitative estimate of drug-likeness (QED) is 0.332. The van der Waals surface area contributed by atoms with E-state index in [2.05, 4.69) is 22.5 Å². The van der Waals surface area contributed by atoms with E-state index in [4.69, 9.17) is 12.2 Å². The maximum Gasteiger partial charge on any atom is 0.194 e. The molecule has 0 amide bonds. The summed E-state index contributed by atoms with van der Waals surface area (Å²) < 4.78 is 0. The molecule has 1 fully saturated rings. The van der Waals surface area contributed by atoms with Gasteiger partial charge < -0.3 is 10.2 Å². The molecule has 0 aromatic carbocycles. The highest BCUT2D eigenvalue weighted by atomic mass is 32.1. The molecule has 0 radical (unpaired) electrons. The van der Waals surface area contributed by atoms with Gasteiger partial charge in [0.2, 0.25) is 0 Å². The summed E-state index contributed by atoms with van der Waals surface area (Å²) in [6.07, 6.45) is 8.87. The second-order valence-corrected chi connectivity index (χ2v) is 4.93. The summed E-state index contributed by atoms with van der Waals surface area (Å²) in [5.74, 6) is 1.44. The zero-order valence-corrected chi connectivity index (χ0v) is 10.00. The average molecular weight is 223 g/mol. The van der Waals surface area contributed by atoms with Crippen LogP contribution in [-0.4, -0.2) is 36.5 Å². The molecule has 3 unspecified atom stereocenters. The van der Waals surface area contributed by atoms with E-state index in [-0.39, 0.29) is 0 Å². The average Bonchev–Trinajstić information content (AvgIpc) is 2.76. The number of aliphatic imine (C=N–C) groups is 1. The molecule has 1 saturated carbocycles. The highest BCUT2D eigenvalue weighted by Crippen LogP contribution is 2.38. The lowest BCUT2D eigenvalue weighted by Gasteiger charge is -2.19. The van der Waals surface area contributed by atoms with Gasteiger partial charge in [-0.3, -0.25) is 0 Å². The Balaban J connectivity index is 1.83. The van der Waals surface area contributed by atoms with Crippen LogP contribution in [0.4, 0.5) is 0 Å². The highest BCUT2D eigenvalue weighted by molar-refractivity contribution is 7.80. The second kappa shape index (κ2) is 4.31. The smallest absolute Gasteiger partial charge is 0.194 e. The van der Waals surface area contributed by atoms with E-state index in [1.165, 1.54) is 12.8 Å². The Hall–Kier alpha value is -0.900. The first-order chi connectivity index (χ1) is 7.15. The van der Waals surface area contributed by atoms with E-state index in [0.717, 1.165) is 5.92 Å². The Morgan fingerprint density at radius 3 is 2.80 bits per heavy atom. The third-order valence-electron chi connectivity index (χ3n) is 2.99. The molecule has 0 heterocycles. The molecule has 3 nitrogen and oxygen atoms in total. The van der Waals surface area contributed by atoms with Crippen molar-refractivity contribution in [2.75, 3.05) is 14.1 Å². The van der Waals surface area contributed by atoms with Crippen molar-refractivity contribution in [3.8, 4) is 0 Å². The first-order valence-electron chi connectivity index (χ1n) is 5.34. The van der Waals surface area contributed by atoms with E-state index in [0.29, 0.717) is 17.1 Å². The molecule has 2 aliphatic rings. The largest absolute Gasteiger partial charge is 0.369 e. The maximum absolute atomic E-state index is 5.16. The van der Waals surface area contributed by atoms with Crippen LogP contribution in [0, 0.1) is 11.8 Å². The molecular formula is C11H17N3S. The standard InChI is InChI=1S/C11H17N3S/c1-14(2)7-12-11(15)13-10-6-8-3-4-9(10)5-8/h3-4,7-10H,5-6H2,1-2H3,(H,13,15). The predicted octanol–water partition coefficient (Wildman–Crippen LogP) is 1.42. The minimum Gasteiger partial charge on any atom is -0.369 e. The third kappa shape index (κ3) is 2.56. The van der Waals surface area contributed by atoms with Crippen molar-refractivity contribution in [1.82, 2.24) is 10.2 Å². The Morgan fingerprint density at radius 1 is 1.47 bits per heavy atom. The summed E-state index contributed by atoms with van der Waals surface area (Å²) in [7, 11) is 3.87. The summed E-state index contributed by atoms with van der Waals surface area (Å²) in [5, 5.41) is 3.93. The molecule has 0 aromatic heterocycles. The van der Waals surface area contributed by atoms with Gasteiger partial charge in [-0.15, -0.1) is 0 Å². The Bertz CT molecular complexity index is 309. The number of hydrogen-bond donors (Lipinski definition) is 1. The van der Waals surface area contributed by atoms with Crippen LogP contribution in [0.25, 0.3) is 0 Å². The van der Waals surface area contributed by atoms with Crippen molar-refractivity contribution in [3.05, 3.63) is 12.2 Å². The normalized spacial score (nSPS) is 32.5. The zero-order chi connectivity index (χ0) is 10.8. The summed E-state index contributed by atoms with van der Waals surface area (Å²) in [6.45, 7) is 0. The molecule has 0 aliphatic heterocycles. The van der Waals surface area contributed by atoms with Crippen LogP contribution in [-0.2, 0) is 0 Å². The number of allylic oxidation sites excluding steroid dienone is 1. The maximum atomic E-state index is 5.16. The van der Waals surface area contributed by atoms with Gasteiger partial charge in [0.15, 0.2) is 5.11 Å². The van der Waals surface area contributed by atoms with Gasteiger partial charge in [-0.2, -0.15) is 0 Å². The Labute approximate surface area is 96.3 Å². The minimum atomic E-state index is 0.506. The molecule has 0 saturated heterocycles. The lowest BCUT2D eigenvalue weighted by atomic mass is 10.0. The van der Waals surface area contributed by atoms with E-state index >= 15 is 0 Å². The fraction of sp³-hybridized carbons (Fsp3) is 0.636. The molecule has 2 bridgehead atoms. The first kappa shape index (κ1) is 10.6. The molecule has 0 spiro atoms. The van der Waals surface area contributed by atoms with Crippen LogP contribution in [0.15, 0.2) is 17.1 Å². The summed E-state index contributed by atoms with van der Waals surface area (Å²) >= 11 is 5.16. The van der Waals surface area contributed by atoms with Gasteiger partial charge in [0.25, 0.3) is 0 Å². The van der Waals surface area contributed by atoms with Crippen molar-refractivity contribution < 1.29 is 0 Å². The topological polar surface area (TPSA) is 27.6 Å². The van der Waals surface area contributed by atoms with Gasteiger partial charge in [0, 0.05) is 20.1 Å². The van der Waals surface area contributed by atoms with E-state index in [9.17, 15) is 0 Å². The number of nitrogens with one attached hydrogen (secondary N) is 1. The van der Waals surface area contributed by atoms with E-state index in [1.54, 1.807) is 6.34 Å². The summed E-state index contributed by atoms with van der Waals surface area (Å²) in [5.41, 5.74) is 0. The first-order valence-corrected chi connectivity index (χ1v) is 5.75. The second-order valence-electron chi connectivity index (χ2n) is 4.54. The van der Waals surface area contributed by atoms with Crippen LogP contribution < -0.4 is 5.32 Å². The lowest BCUT2D eigenvalue weighted by Crippen LogP contribution is -2.36. The van der Waals surface area contributed by atoms with Crippen LogP contribution >= 0.6 is 12.2 Å². The van der Waals surface area contributed by atoms with Gasteiger partial charge in [0.05, 0.1) is 6.34 Å². The third-order valence-corrected chi connectivity index (χ3v) is 3.22.